The first kappa shape index (κ1) is 14.2. The number of aromatic nitrogens is 2. The van der Waals surface area contributed by atoms with E-state index in [1.807, 2.05) is 18.0 Å². The van der Waals surface area contributed by atoms with Gasteiger partial charge in [-0.15, -0.1) is 11.3 Å². The minimum atomic E-state index is 0.144. The summed E-state index contributed by atoms with van der Waals surface area (Å²) >= 11 is 1.43. The highest BCUT2D eigenvalue weighted by Gasteiger charge is 2.29. The summed E-state index contributed by atoms with van der Waals surface area (Å²) in [4.78, 5) is 23.5. The van der Waals surface area contributed by atoms with Crippen molar-refractivity contribution < 1.29 is 4.79 Å². The van der Waals surface area contributed by atoms with Crippen molar-refractivity contribution >= 4 is 17.2 Å². The lowest BCUT2D eigenvalue weighted by molar-refractivity contribution is 0.0735. The Kier molecular flexibility index (Phi) is 4.29. The van der Waals surface area contributed by atoms with Gasteiger partial charge >= 0.3 is 0 Å². The number of thiazole rings is 1. The highest BCUT2D eigenvalue weighted by atomic mass is 32.1. The van der Waals surface area contributed by atoms with E-state index in [2.05, 4.69) is 22.1 Å². The Hall–Kier alpha value is -1.75. The van der Waals surface area contributed by atoms with Crippen LogP contribution in [-0.2, 0) is 6.42 Å². The van der Waals surface area contributed by atoms with Gasteiger partial charge in [-0.25, -0.2) is 0 Å². The van der Waals surface area contributed by atoms with Gasteiger partial charge in [0.15, 0.2) is 0 Å². The fourth-order valence-corrected chi connectivity index (χ4v) is 3.53. The number of hydrogen-bond donors (Lipinski definition) is 0. The molecule has 2 aromatic heterocycles. The van der Waals surface area contributed by atoms with E-state index < -0.39 is 0 Å². The van der Waals surface area contributed by atoms with Crippen LogP contribution in [0, 0.1) is 6.92 Å². The highest BCUT2D eigenvalue weighted by Crippen LogP contribution is 2.25. The van der Waals surface area contributed by atoms with Crippen molar-refractivity contribution in [1.82, 2.24) is 14.9 Å². The number of aryl methyl sites for hydroxylation is 2. The number of carbonyl (C=O) groups is 1. The van der Waals surface area contributed by atoms with Gasteiger partial charge in [-0.05, 0) is 50.3 Å². The molecule has 1 fully saturated rings. The van der Waals surface area contributed by atoms with Gasteiger partial charge in [0, 0.05) is 24.5 Å². The Morgan fingerprint density at radius 1 is 1.52 bits per heavy atom. The molecule has 3 rings (SSSR count). The minimum Gasteiger partial charge on any atom is -0.335 e. The lowest BCUT2D eigenvalue weighted by Gasteiger charge is -2.24. The van der Waals surface area contributed by atoms with Crippen molar-refractivity contribution in [2.75, 3.05) is 6.54 Å². The number of nitrogens with zero attached hydrogens (tertiary/aromatic N) is 3. The standard InChI is InChI=1S/C16H19N3OS/c1-12-9-13(6-7-18-12)4-5-14-3-2-8-19(14)16(20)15-10-17-11-21-15/h6-7,9-11,14H,2-5,8H2,1H3. The highest BCUT2D eigenvalue weighted by molar-refractivity contribution is 7.11. The SMILES string of the molecule is Cc1cc(CCC2CCCN2C(=O)c2cncs2)ccn1. The number of rotatable bonds is 4. The van der Waals surface area contributed by atoms with Crippen LogP contribution in [0.15, 0.2) is 30.0 Å². The Labute approximate surface area is 128 Å². The number of likely N-dealkylation sites (tertiary alicyclic amines) is 1. The van der Waals surface area contributed by atoms with Gasteiger partial charge < -0.3 is 4.90 Å². The molecule has 1 amide bonds. The zero-order valence-electron chi connectivity index (χ0n) is 12.2. The molecule has 0 radical (unpaired) electrons. The van der Waals surface area contributed by atoms with Crippen LogP contribution in [0.4, 0.5) is 0 Å². The van der Waals surface area contributed by atoms with Crippen molar-refractivity contribution in [2.24, 2.45) is 0 Å². The van der Waals surface area contributed by atoms with Crippen LogP contribution in [0.25, 0.3) is 0 Å². The molecule has 4 nitrogen and oxygen atoms in total. The quantitative estimate of drug-likeness (QED) is 0.872. The lowest BCUT2D eigenvalue weighted by atomic mass is 10.0. The predicted molar refractivity (Wildman–Crippen MR) is 83.5 cm³/mol. The molecule has 0 spiro atoms. The number of hydrogen-bond acceptors (Lipinski definition) is 4. The Bertz CT molecular complexity index is 612. The van der Waals surface area contributed by atoms with E-state index in [1.165, 1.54) is 16.9 Å². The van der Waals surface area contributed by atoms with Crippen LogP contribution in [0.5, 0.6) is 0 Å². The Morgan fingerprint density at radius 3 is 3.19 bits per heavy atom. The van der Waals surface area contributed by atoms with Crippen LogP contribution < -0.4 is 0 Å². The second kappa shape index (κ2) is 6.35. The van der Waals surface area contributed by atoms with Crippen LogP contribution >= 0.6 is 11.3 Å². The summed E-state index contributed by atoms with van der Waals surface area (Å²) in [6.07, 6.45) is 7.77. The molecule has 1 aliphatic rings. The second-order valence-electron chi connectivity index (χ2n) is 5.50. The number of carbonyl (C=O) groups excluding carboxylic acids is 1. The average molecular weight is 301 g/mol. The first-order chi connectivity index (χ1) is 10.2. The zero-order valence-corrected chi connectivity index (χ0v) is 13.0. The fourth-order valence-electron chi connectivity index (χ4n) is 2.96. The molecular formula is C16H19N3OS. The predicted octanol–water partition coefficient (Wildman–Crippen LogP) is 3.08. The summed E-state index contributed by atoms with van der Waals surface area (Å²) in [5, 5.41) is 0. The molecule has 0 aromatic carbocycles. The fraction of sp³-hybridized carbons (Fsp3) is 0.438. The van der Waals surface area contributed by atoms with Crippen LogP contribution in [0.1, 0.15) is 40.2 Å². The average Bonchev–Trinajstić information content (AvgIpc) is 3.16. The molecule has 0 bridgehead atoms. The molecular weight excluding hydrogens is 282 g/mol. The summed E-state index contributed by atoms with van der Waals surface area (Å²) in [6, 6.07) is 4.55. The maximum atomic E-state index is 12.5. The summed E-state index contributed by atoms with van der Waals surface area (Å²) < 4.78 is 0. The summed E-state index contributed by atoms with van der Waals surface area (Å²) in [5.41, 5.74) is 4.08. The van der Waals surface area contributed by atoms with Gasteiger partial charge in [0.2, 0.25) is 0 Å². The van der Waals surface area contributed by atoms with Crippen LogP contribution in [0.3, 0.4) is 0 Å². The normalized spacial score (nSPS) is 18.1. The second-order valence-corrected chi connectivity index (χ2v) is 6.39. The van der Waals surface area contributed by atoms with E-state index in [9.17, 15) is 4.79 Å². The molecule has 110 valence electrons. The van der Waals surface area contributed by atoms with E-state index in [-0.39, 0.29) is 5.91 Å². The van der Waals surface area contributed by atoms with E-state index in [4.69, 9.17) is 0 Å². The maximum Gasteiger partial charge on any atom is 0.265 e. The van der Waals surface area contributed by atoms with Gasteiger partial charge in [0.05, 0.1) is 11.7 Å². The van der Waals surface area contributed by atoms with Crippen LogP contribution in [-0.4, -0.2) is 33.4 Å². The van der Waals surface area contributed by atoms with Gasteiger partial charge in [-0.3, -0.25) is 14.8 Å². The summed E-state index contributed by atoms with van der Waals surface area (Å²) in [5.74, 6) is 0.144. The molecule has 0 N–H and O–H groups in total. The van der Waals surface area contributed by atoms with E-state index in [1.54, 1.807) is 11.7 Å². The van der Waals surface area contributed by atoms with Crippen LogP contribution in [0.2, 0.25) is 0 Å². The van der Waals surface area contributed by atoms with E-state index >= 15 is 0 Å². The van der Waals surface area contributed by atoms with Gasteiger partial charge in [-0.2, -0.15) is 0 Å². The third-order valence-corrected chi connectivity index (χ3v) is 4.77. The lowest BCUT2D eigenvalue weighted by Crippen LogP contribution is -2.35. The van der Waals surface area contributed by atoms with E-state index in [0.29, 0.717) is 6.04 Å². The molecule has 0 saturated carbocycles. The molecule has 21 heavy (non-hydrogen) atoms. The Morgan fingerprint density at radius 2 is 2.43 bits per heavy atom. The molecule has 5 heteroatoms. The molecule has 1 saturated heterocycles. The smallest absolute Gasteiger partial charge is 0.265 e. The zero-order chi connectivity index (χ0) is 14.7. The van der Waals surface area contributed by atoms with Gasteiger partial charge in [0.25, 0.3) is 5.91 Å². The molecule has 1 unspecified atom stereocenters. The molecule has 1 aliphatic heterocycles. The van der Waals surface area contributed by atoms with Gasteiger partial charge in [0.1, 0.15) is 4.88 Å². The number of amides is 1. The molecule has 0 aliphatic carbocycles. The molecule has 3 heterocycles. The summed E-state index contributed by atoms with van der Waals surface area (Å²) in [6.45, 7) is 2.88. The van der Waals surface area contributed by atoms with Gasteiger partial charge in [-0.1, -0.05) is 0 Å². The largest absolute Gasteiger partial charge is 0.335 e. The minimum absolute atomic E-state index is 0.144. The molecule has 1 atom stereocenters. The van der Waals surface area contributed by atoms with Crippen molar-refractivity contribution in [3.05, 3.63) is 46.2 Å². The van der Waals surface area contributed by atoms with Crippen molar-refractivity contribution in [1.29, 1.82) is 0 Å². The topological polar surface area (TPSA) is 46.1 Å². The maximum absolute atomic E-state index is 12.5. The number of pyridine rings is 1. The Balaban J connectivity index is 1.63. The first-order valence-electron chi connectivity index (χ1n) is 7.35. The molecule has 2 aromatic rings. The third-order valence-electron chi connectivity index (χ3n) is 4.01. The summed E-state index contributed by atoms with van der Waals surface area (Å²) in [7, 11) is 0. The first-order valence-corrected chi connectivity index (χ1v) is 8.23. The van der Waals surface area contributed by atoms with Crippen molar-refractivity contribution in [3.63, 3.8) is 0 Å². The van der Waals surface area contributed by atoms with E-state index in [0.717, 1.165) is 42.8 Å². The van der Waals surface area contributed by atoms with Crippen molar-refractivity contribution in [3.8, 4) is 0 Å². The third kappa shape index (κ3) is 3.29. The monoisotopic (exact) mass is 301 g/mol. The van der Waals surface area contributed by atoms with Crippen molar-refractivity contribution in [2.45, 2.75) is 38.6 Å².